The summed E-state index contributed by atoms with van der Waals surface area (Å²) < 4.78 is 4.07. The van der Waals surface area contributed by atoms with E-state index in [4.69, 9.17) is 11.6 Å². The molecule has 0 amide bonds. The monoisotopic (exact) mass is 194 g/mol. The van der Waals surface area contributed by atoms with Gasteiger partial charge in [0, 0.05) is 0 Å². The molecule has 0 fully saturated rings. The molecule has 2 nitrogen and oxygen atoms in total. The van der Waals surface area contributed by atoms with Gasteiger partial charge >= 0.3 is 0 Å². The van der Waals surface area contributed by atoms with Crippen LogP contribution in [-0.2, 0) is 13.6 Å². The van der Waals surface area contributed by atoms with Gasteiger partial charge in [0.2, 0.25) is 6.33 Å². The molecule has 1 rings (SSSR count). The Labute approximate surface area is 78.2 Å². The van der Waals surface area contributed by atoms with Crippen LogP contribution in [0.5, 0.6) is 0 Å². The van der Waals surface area contributed by atoms with Gasteiger partial charge in [-0.3, -0.25) is 0 Å². The normalized spacial score (nSPS) is 12.3. The minimum atomic E-state index is 0. The van der Waals surface area contributed by atoms with Gasteiger partial charge in [-0.2, -0.15) is 0 Å². The lowest BCUT2D eigenvalue weighted by Gasteiger charge is -1.95. The molecular weight excluding hydrogens is 183 g/mol. The maximum atomic E-state index is 5.79. The zero-order chi connectivity index (χ0) is 7.56. The summed E-state index contributed by atoms with van der Waals surface area (Å²) in [6.45, 7) is 2.87. The summed E-state index contributed by atoms with van der Waals surface area (Å²) in [5.74, 6) is 0. The summed E-state index contributed by atoms with van der Waals surface area (Å²) >= 11 is 5.79. The second kappa shape index (κ2) is 4.62. The molecule has 0 spiro atoms. The molecule has 1 aromatic heterocycles. The van der Waals surface area contributed by atoms with E-state index in [1.54, 1.807) is 0 Å². The number of halogens is 2. The first-order valence-corrected chi connectivity index (χ1v) is 3.77. The standard InChI is InChI=1S/C7H12ClN2.ClH/c1-7(8)5-10-4-3-9(2)6-10;/h3-4,6-7H,5H2,1-2H3;1H/q+1;/p-1. The highest BCUT2D eigenvalue weighted by atomic mass is 35.5. The Morgan fingerprint density at radius 2 is 2.27 bits per heavy atom. The number of nitrogens with zero attached hydrogens (tertiary/aromatic N) is 2. The molecule has 1 unspecified atom stereocenters. The molecule has 0 aliphatic carbocycles. The van der Waals surface area contributed by atoms with Gasteiger partial charge in [0.25, 0.3) is 0 Å². The summed E-state index contributed by atoms with van der Waals surface area (Å²) in [5, 5.41) is 0.201. The second-order valence-electron chi connectivity index (χ2n) is 2.56. The summed E-state index contributed by atoms with van der Waals surface area (Å²) in [6, 6.07) is 0. The van der Waals surface area contributed by atoms with Gasteiger partial charge in [0.1, 0.15) is 18.9 Å². The van der Waals surface area contributed by atoms with Crippen LogP contribution in [0.15, 0.2) is 18.7 Å². The molecule has 0 aliphatic heterocycles. The van der Waals surface area contributed by atoms with Gasteiger partial charge in [-0.05, 0) is 6.92 Å². The molecule has 64 valence electrons. The quantitative estimate of drug-likeness (QED) is 0.379. The maximum absolute atomic E-state index is 5.79. The molecule has 0 aromatic carbocycles. The molecule has 1 heterocycles. The zero-order valence-corrected chi connectivity index (χ0v) is 8.18. The highest BCUT2D eigenvalue weighted by molar-refractivity contribution is 6.20. The zero-order valence-electron chi connectivity index (χ0n) is 6.67. The van der Waals surface area contributed by atoms with Crippen LogP contribution in [0.25, 0.3) is 0 Å². The number of imidazole rings is 1. The van der Waals surface area contributed by atoms with Crippen molar-refractivity contribution in [1.29, 1.82) is 0 Å². The molecular formula is C7H12Cl2N2. The van der Waals surface area contributed by atoms with E-state index in [0.29, 0.717) is 0 Å². The van der Waals surface area contributed by atoms with Gasteiger partial charge in [-0.25, -0.2) is 9.13 Å². The van der Waals surface area contributed by atoms with Gasteiger partial charge in [0.15, 0.2) is 0 Å². The molecule has 11 heavy (non-hydrogen) atoms. The fourth-order valence-corrected chi connectivity index (χ4v) is 1.06. The molecule has 0 radical (unpaired) electrons. The van der Waals surface area contributed by atoms with Crippen molar-refractivity contribution in [2.75, 3.05) is 0 Å². The van der Waals surface area contributed by atoms with Gasteiger partial charge in [-0.15, -0.1) is 11.6 Å². The Kier molecular flexibility index (Phi) is 4.54. The van der Waals surface area contributed by atoms with Crippen molar-refractivity contribution in [2.24, 2.45) is 7.05 Å². The van der Waals surface area contributed by atoms with Crippen LogP contribution in [0, 0.1) is 0 Å². The summed E-state index contributed by atoms with van der Waals surface area (Å²) in [4.78, 5) is 0. The van der Waals surface area contributed by atoms with Gasteiger partial charge < -0.3 is 12.4 Å². The van der Waals surface area contributed by atoms with E-state index in [9.17, 15) is 0 Å². The van der Waals surface area contributed by atoms with Crippen molar-refractivity contribution in [3.05, 3.63) is 18.7 Å². The number of hydrogen-bond acceptors (Lipinski definition) is 0. The molecule has 0 saturated heterocycles. The maximum Gasteiger partial charge on any atom is 0.243 e. The first-order valence-electron chi connectivity index (χ1n) is 3.33. The number of aryl methyl sites for hydroxylation is 1. The van der Waals surface area contributed by atoms with Gasteiger partial charge in [-0.1, -0.05) is 0 Å². The van der Waals surface area contributed by atoms with Crippen molar-refractivity contribution in [3.63, 3.8) is 0 Å². The number of alkyl halides is 1. The van der Waals surface area contributed by atoms with Crippen molar-refractivity contribution in [2.45, 2.75) is 18.8 Å². The molecule has 1 aromatic rings. The van der Waals surface area contributed by atoms with E-state index in [1.165, 1.54) is 0 Å². The van der Waals surface area contributed by atoms with Crippen LogP contribution in [0.3, 0.4) is 0 Å². The highest BCUT2D eigenvalue weighted by Crippen LogP contribution is 1.96. The molecule has 0 N–H and O–H groups in total. The van der Waals surface area contributed by atoms with E-state index < -0.39 is 0 Å². The Balaban J connectivity index is 0.000001000. The average molecular weight is 195 g/mol. The van der Waals surface area contributed by atoms with Gasteiger partial charge in [0.05, 0.1) is 12.4 Å². The first kappa shape index (κ1) is 10.8. The van der Waals surface area contributed by atoms with Crippen LogP contribution in [0.4, 0.5) is 0 Å². The highest BCUT2D eigenvalue weighted by Gasteiger charge is 2.02. The number of aromatic nitrogens is 2. The Morgan fingerprint density at radius 3 is 2.64 bits per heavy atom. The third-order valence-corrected chi connectivity index (χ3v) is 1.42. The Hall–Kier alpha value is -0.210. The minimum absolute atomic E-state index is 0. The van der Waals surface area contributed by atoms with Crippen molar-refractivity contribution in [1.82, 2.24) is 4.57 Å². The predicted octanol–water partition coefficient (Wildman–Crippen LogP) is -2.06. The first-order chi connectivity index (χ1) is 4.68. The molecule has 4 heteroatoms. The SMILES string of the molecule is CC(Cl)Cn1cc[n+](C)c1.[Cl-]. The fourth-order valence-electron chi connectivity index (χ4n) is 0.900. The molecule has 0 bridgehead atoms. The van der Waals surface area contributed by atoms with Crippen molar-refractivity contribution < 1.29 is 17.0 Å². The third-order valence-electron chi connectivity index (χ3n) is 1.29. The summed E-state index contributed by atoms with van der Waals surface area (Å²) in [7, 11) is 2.00. The van der Waals surface area contributed by atoms with E-state index in [0.717, 1.165) is 6.54 Å². The number of rotatable bonds is 2. The largest absolute Gasteiger partial charge is 1.00 e. The van der Waals surface area contributed by atoms with E-state index in [2.05, 4.69) is 4.57 Å². The Bertz CT molecular complexity index is 208. The third kappa shape index (κ3) is 3.63. The molecule has 1 atom stereocenters. The summed E-state index contributed by atoms with van der Waals surface area (Å²) in [5.41, 5.74) is 0. The Morgan fingerprint density at radius 1 is 1.64 bits per heavy atom. The minimum Gasteiger partial charge on any atom is -1.00 e. The lowest BCUT2D eigenvalue weighted by molar-refractivity contribution is -0.671. The van der Waals surface area contributed by atoms with Crippen molar-refractivity contribution in [3.8, 4) is 0 Å². The van der Waals surface area contributed by atoms with Crippen LogP contribution >= 0.6 is 11.6 Å². The summed E-state index contributed by atoms with van der Waals surface area (Å²) in [6.07, 6.45) is 6.02. The molecule has 0 saturated carbocycles. The lowest BCUT2D eigenvalue weighted by Crippen LogP contribution is -3.00. The van der Waals surface area contributed by atoms with Crippen molar-refractivity contribution >= 4 is 11.6 Å². The topological polar surface area (TPSA) is 8.81 Å². The predicted molar refractivity (Wildman–Crippen MR) is 40.9 cm³/mol. The lowest BCUT2D eigenvalue weighted by atomic mass is 10.5. The van der Waals surface area contributed by atoms with Crippen LogP contribution in [0.1, 0.15) is 6.92 Å². The van der Waals surface area contributed by atoms with E-state index in [1.807, 2.05) is 37.3 Å². The van der Waals surface area contributed by atoms with Crippen LogP contribution in [-0.4, -0.2) is 9.94 Å². The molecule has 0 aliphatic rings. The average Bonchev–Trinajstić information content (AvgIpc) is 2.13. The fraction of sp³-hybridized carbons (Fsp3) is 0.571. The van der Waals surface area contributed by atoms with Crippen LogP contribution in [0.2, 0.25) is 0 Å². The second-order valence-corrected chi connectivity index (χ2v) is 3.30. The van der Waals surface area contributed by atoms with E-state index >= 15 is 0 Å². The van der Waals surface area contributed by atoms with Crippen LogP contribution < -0.4 is 17.0 Å². The van der Waals surface area contributed by atoms with E-state index in [-0.39, 0.29) is 17.8 Å². The number of hydrogen-bond donors (Lipinski definition) is 0. The smallest absolute Gasteiger partial charge is 0.243 e.